The number of anilines is 1. The highest BCUT2D eigenvalue weighted by Gasteiger charge is 2.21. The summed E-state index contributed by atoms with van der Waals surface area (Å²) in [7, 11) is 0. The van der Waals surface area contributed by atoms with E-state index in [-0.39, 0.29) is 0 Å². The van der Waals surface area contributed by atoms with Crippen LogP contribution in [0.1, 0.15) is 24.2 Å². The molecule has 0 radical (unpaired) electrons. The molecule has 0 aliphatic carbocycles. The van der Waals surface area contributed by atoms with Crippen molar-refractivity contribution < 1.29 is 4.79 Å². The van der Waals surface area contributed by atoms with Crippen LogP contribution in [0.5, 0.6) is 0 Å². The Labute approximate surface area is 123 Å². The number of aldehydes is 1. The molecule has 1 fully saturated rings. The number of hydrogen-bond donors (Lipinski definition) is 0. The highest BCUT2D eigenvalue weighted by atomic mass is 32.1. The van der Waals surface area contributed by atoms with Crippen molar-refractivity contribution in [2.45, 2.75) is 19.9 Å². The molecule has 4 nitrogen and oxygen atoms in total. The number of piperazine rings is 1. The molecular formula is C15H19N3OS. The van der Waals surface area contributed by atoms with Gasteiger partial charge in [0, 0.05) is 37.8 Å². The fourth-order valence-corrected chi connectivity index (χ4v) is 3.63. The Morgan fingerprint density at radius 2 is 2.00 bits per heavy atom. The van der Waals surface area contributed by atoms with Crippen LogP contribution in [0.2, 0.25) is 0 Å². The minimum Gasteiger partial charge on any atom is -0.345 e. The van der Waals surface area contributed by atoms with Crippen molar-refractivity contribution in [2.75, 3.05) is 31.1 Å². The zero-order valence-corrected chi connectivity index (χ0v) is 12.7. The molecule has 0 N–H and O–H groups in total. The number of rotatable bonds is 3. The van der Waals surface area contributed by atoms with E-state index < -0.39 is 0 Å². The number of hydrogen-bond acceptors (Lipinski definition) is 5. The Balaban J connectivity index is 1.79. The van der Waals surface area contributed by atoms with Crippen LogP contribution in [0.4, 0.5) is 5.13 Å². The van der Waals surface area contributed by atoms with E-state index in [2.05, 4.69) is 23.6 Å². The molecule has 0 bridgehead atoms. The van der Waals surface area contributed by atoms with Gasteiger partial charge in [0.25, 0.3) is 0 Å². The summed E-state index contributed by atoms with van der Waals surface area (Å²) in [5, 5.41) is 1.08. The topological polar surface area (TPSA) is 36.4 Å². The lowest BCUT2D eigenvalue weighted by Crippen LogP contribution is -2.48. The number of aromatic nitrogens is 1. The summed E-state index contributed by atoms with van der Waals surface area (Å²) >= 11 is 1.68. The van der Waals surface area contributed by atoms with Gasteiger partial charge in [-0.1, -0.05) is 11.3 Å². The third-order valence-electron chi connectivity index (χ3n) is 3.85. The van der Waals surface area contributed by atoms with Crippen molar-refractivity contribution in [3.63, 3.8) is 0 Å². The smallest absolute Gasteiger partial charge is 0.186 e. The Bertz CT molecular complexity index is 615. The SMILES string of the molecule is CC(C)N1CCN(c2nc3ccc(C=O)cc3s2)CC1. The molecule has 106 valence electrons. The molecule has 2 aromatic rings. The quantitative estimate of drug-likeness (QED) is 0.814. The van der Waals surface area contributed by atoms with Crippen molar-refractivity contribution in [3.05, 3.63) is 23.8 Å². The first kappa shape index (κ1) is 13.5. The lowest BCUT2D eigenvalue weighted by Gasteiger charge is -2.36. The highest BCUT2D eigenvalue weighted by Crippen LogP contribution is 2.30. The number of fused-ring (bicyclic) bond motifs is 1. The molecule has 3 rings (SSSR count). The monoisotopic (exact) mass is 289 g/mol. The number of carbonyl (C=O) groups excluding carboxylic acids is 1. The molecule has 2 heterocycles. The van der Waals surface area contributed by atoms with Crippen LogP contribution in [-0.2, 0) is 0 Å². The first-order valence-corrected chi connectivity index (χ1v) is 7.84. The second-order valence-corrected chi connectivity index (χ2v) is 6.47. The standard InChI is InChI=1S/C15H19N3OS/c1-11(2)17-5-7-18(8-6-17)15-16-13-4-3-12(10-19)9-14(13)20-15/h3-4,9-11H,5-8H2,1-2H3. The third kappa shape index (κ3) is 2.55. The van der Waals surface area contributed by atoms with Crippen molar-refractivity contribution in [2.24, 2.45) is 0 Å². The Hall–Kier alpha value is -1.46. The maximum absolute atomic E-state index is 10.8. The van der Waals surface area contributed by atoms with Crippen LogP contribution in [0.25, 0.3) is 10.2 Å². The average molecular weight is 289 g/mol. The van der Waals surface area contributed by atoms with E-state index in [9.17, 15) is 4.79 Å². The minimum atomic E-state index is 0.614. The molecule has 0 spiro atoms. The summed E-state index contributed by atoms with van der Waals surface area (Å²) < 4.78 is 1.09. The van der Waals surface area contributed by atoms with Crippen molar-refractivity contribution >= 4 is 33.0 Å². The van der Waals surface area contributed by atoms with Crippen LogP contribution < -0.4 is 4.90 Å². The van der Waals surface area contributed by atoms with Gasteiger partial charge in [0.05, 0.1) is 10.2 Å². The van der Waals surface area contributed by atoms with Gasteiger partial charge in [-0.25, -0.2) is 4.98 Å². The van der Waals surface area contributed by atoms with Crippen molar-refractivity contribution in [1.82, 2.24) is 9.88 Å². The Morgan fingerprint density at radius 1 is 1.25 bits per heavy atom. The molecule has 1 aliphatic heterocycles. The van der Waals surface area contributed by atoms with Gasteiger partial charge in [-0.3, -0.25) is 9.69 Å². The average Bonchev–Trinajstić information content (AvgIpc) is 2.90. The van der Waals surface area contributed by atoms with Gasteiger partial charge in [-0.15, -0.1) is 0 Å². The van der Waals surface area contributed by atoms with Gasteiger partial charge < -0.3 is 4.90 Å². The van der Waals surface area contributed by atoms with E-state index in [0.717, 1.165) is 53.4 Å². The van der Waals surface area contributed by atoms with Crippen molar-refractivity contribution in [1.29, 1.82) is 0 Å². The van der Waals surface area contributed by atoms with Gasteiger partial charge in [-0.05, 0) is 32.0 Å². The van der Waals surface area contributed by atoms with Crippen LogP contribution in [0.3, 0.4) is 0 Å². The van der Waals surface area contributed by atoms with E-state index in [1.54, 1.807) is 11.3 Å². The van der Waals surface area contributed by atoms with Gasteiger partial charge in [0.15, 0.2) is 5.13 Å². The molecule has 0 saturated carbocycles. The molecule has 0 atom stereocenters. The zero-order chi connectivity index (χ0) is 14.1. The highest BCUT2D eigenvalue weighted by molar-refractivity contribution is 7.22. The number of nitrogens with zero attached hydrogens (tertiary/aromatic N) is 3. The molecule has 1 aliphatic rings. The summed E-state index contributed by atoms with van der Waals surface area (Å²) in [5.41, 5.74) is 1.71. The Morgan fingerprint density at radius 3 is 2.65 bits per heavy atom. The van der Waals surface area contributed by atoms with E-state index in [4.69, 9.17) is 4.98 Å². The largest absolute Gasteiger partial charge is 0.345 e. The normalized spacial score (nSPS) is 17.1. The van der Waals surface area contributed by atoms with Gasteiger partial charge in [0.1, 0.15) is 6.29 Å². The summed E-state index contributed by atoms with van der Waals surface area (Å²) in [5.74, 6) is 0. The fraction of sp³-hybridized carbons (Fsp3) is 0.467. The first-order valence-electron chi connectivity index (χ1n) is 7.02. The summed E-state index contributed by atoms with van der Waals surface area (Å²) in [4.78, 5) is 20.4. The third-order valence-corrected chi connectivity index (χ3v) is 4.93. The molecule has 0 amide bonds. The molecule has 20 heavy (non-hydrogen) atoms. The summed E-state index contributed by atoms with van der Waals surface area (Å²) in [6.07, 6.45) is 0.889. The van der Waals surface area contributed by atoms with Gasteiger partial charge in [-0.2, -0.15) is 0 Å². The maximum atomic E-state index is 10.8. The summed E-state index contributed by atoms with van der Waals surface area (Å²) in [6.45, 7) is 8.72. The lowest BCUT2D eigenvalue weighted by molar-refractivity contribution is 0.112. The van der Waals surface area contributed by atoms with Crippen LogP contribution in [-0.4, -0.2) is 48.4 Å². The van der Waals surface area contributed by atoms with E-state index >= 15 is 0 Å². The zero-order valence-electron chi connectivity index (χ0n) is 11.9. The van der Waals surface area contributed by atoms with E-state index in [1.807, 2.05) is 18.2 Å². The fourth-order valence-electron chi connectivity index (χ4n) is 2.57. The van der Waals surface area contributed by atoms with E-state index in [0.29, 0.717) is 6.04 Å². The predicted octanol–water partition coefficient (Wildman–Crippen LogP) is 2.64. The maximum Gasteiger partial charge on any atom is 0.186 e. The second-order valence-electron chi connectivity index (χ2n) is 5.46. The summed E-state index contributed by atoms with van der Waals surface area (Å²) in [6, 6.07) is 6.30. The van der Waals surface area contributed by atoms with Gasteiger partial charge in [0.2, 0.25) is 0 Å². The van der Waals surface area contributed by atoms with Crippen LogP contribution in [0, 0.1) is 0 Å². The molecule has 5 heteroatoms. The number of benzene rings is 1. The van der Waals surface area contributed by atoms with Crippen LogP contribution in [0.15, 0.2) is 18.2 Å². The van der Waals surface area contributed by atoms with Crippen molar-refractivity contribution in [3.8, 4) is 0 Å². The molecule has 1 aromatic heterocycles. The Kier molecular flexibility index (Phi) is 3.72. The second kappa shape index (κ2) is 5.50. The minimum absolute atomic E-state index is 0.614. The van der Waals surface area contributed by atoms with E-state index in [1.165, 1.54) is 0 Å². The molecule has 0 unspecified atom stereocenters. The number of thiazole rings is 1. The number of carbonyl (C=O) groups is 1. The molecular weight excluding hydrogens is 270 g/mol. The predicted molar refractivity (Wildman–Crippen MR) is 83.9 cm³/mol. The first-order chi connectivity index (χ1) is 9.67. The van der Waals surface area contributed by atoms with Gasteiger partial charge >= 0.3 is 0 Å². The molecule has 1 aromatic carbocycles. The lowest BCUT2D eigenvalue weighted by atomic mass is 10.2. The van der Waals surface area contributed by atoms with Crippen LogP contribution >= 0.6 is 11.3 Å². The molecule has 1 saturated heterocycles.